The number of aliphatic hydroxyl groups is 1. The lowest BCUT2D eigenvalue weighted by Gasteiger charge is -2.35. The number of aliphatic hydroxyl groups excluding tert-OH is 1. The number of unbranched alkanes of at least 4 members (excludes halogenated alkanes) is 20. The molecule has 1 aliphatic rings. The smallest absolute Gasteiger partial charge is 0.223 e. The van der Waals surface area contributed by atoms with Gasteiger partial charge >= 0.3 is 0 Å². The van der Waals surface area contributed by atoms with Crippen LogP contribution in [0.3, 0.4) is 0 Å². The first kappa shape index (κ1) is 50.8. The fourth-order valence-corrected chi connectivity index (χ4v) is 8.91. The summed E-state index contributed by atoms with van der Waals surface area (Å²) >= 11 is 0. The van der Waals surface area contributed by atoms with Crippen molar-refractivity contribution in [3.63, 3.8) is 0 Å². The summed E-state index contributed by atoms with van der Waals surface area (Å²) in [7, 11) is 3.30. The Hall–Kier alpha value is -3.88. The van der Waals surface area contributed by atoms with Crippen molar-refractivity contribution in [3.8, 4) is 11.5 Å². The molecule has 344 valence electrons. The molecule has 1 aliphatic heterocycles. The Morgan fingerprint density at radius 2 is 1.05 bits per heavy atom. The summed E-state index contributed by atoms with van der Waals surface area (Å²) in [6.45, 7) is 3.20. The average Bonchev–Trinajstić information content (AvgIpc) is 3.70. The van der Waals surface area contributed by atoms with Gasteiger partial charge in [-0.1, -0.05) is 184 Å². The van der Waals surface area contributed by atoms with Crippen molar-refractivity contribution in [3.05, 3.63) is 95.6 Å². The number of β-amino-alcohol motifs (C(OH)–C–C–N with tert-alkyl or cyclic N) is 1. The van der Waals surface area contributed by atoms with Gasteiger partial charge in [0.25, 0.3) is 0 Å². The van der Waals surface area contributed by atoms with Crippen molar-refractivity contribution >= 4 is 11.8 Å². The number of methoxy groups -OCH3 is 2. The van der Waals surface area contributed by atoms with Gasteiger partial charge < -0.3 is 29.5 Å². The van der Waals surface area contributed by atoms with Gasteiger partial charge in [0.05, 0.1) is 26.4 Å². The lowest BCUT2D eigenvalue weighted by molar-refractivity contribution is -0.136. The Kier molecular flexibility index (Phi) is 25.4. The third-order valence-corrected chi connectivity index (χ3v) is 12.6. The summed E-state index contributed by atoms with van der Waals surface area (Å²) in [5.41, 5.74) is 2.85. The number of rotatable bonds is 34. The molecule has 0 aliphatic carbocycles. The molecule has 8 heteroatoms. The zero-order valence-electron chi connectivity index (χ0n) is 38.8. The van der Waals surface area contributed by atoms with E-state index in [2.05, 4.69) is 12.2 Å². The van der Waals surface area contributed by atoms with Gasteiger partial charge in [-0.15, -0.1) is 0 Å². The molecule has 3 unspecified atom stereocenters. The summed E-state index contributed by atoms with van der Waals surface area (Å²) in [5.74, 6) is 1.67. The van der Waals surface area contributed by atoms with Gasteiger partial charge in [0.15, 0.2) is 0 Å². The Labute approximate surface area is 375 Å². The van der Waals surface area contributed by atoms with E-state index in [0.717, 1.165) is 60.3 Å². The molecule has 0 bridgehead atoms. The van der Waals surface area contributed by atoms with Crippen LogP contribution in [-0.2, 0) is 14.3 Å². The van der Waals surface area contributed by atoms with Crippen LogP contribution >= 0.6 is 0 Å². The molecule has 1 saturated heterocycles. The normalized spacial score (nSPS) is 15.5. The highest BCUT2D eigenvalue weighted by Crippen LogP contribution is 2.40. The van der Waals surface area contributed by atoms with Gasteiger partial charge in [0.1, 0.15) is 23.7 Å². The summed E-state index contributed by atoms with van der Waals surface area (Å²) < 4.78 is 18.0. The lowest BCUT2D eigenvalue weighted by atomic mass is 9.96. The number of hydrogen-bond acceptors (Lipinski definition) is 6. The number of carbonyl (C=O) groups is 2. The molecule has 0 aromatic heterocycles. The van der Waals surface area contributed by atoms with Gasteiger partial charge in [0.2, 0.25) is 11.8 Å². The van der Waals surface area contributed by atoms with Crippen molar-refractivity contribution in [1.82, 2.24) is 10.2 Å². The van der Waals surface area contributed by atoms with E-state index >= 15 is 0 Å². The average molecular weight is 855 g/mol. The van der Waals surface area contributed by atoms with Crippen LogP contribution in [-0.4, -0.2) is 61.3 Å². The fraction of sp³-hybridized carbons (Fsp3) is 0.630. The van der Waals surface area contributed by atoms with Crippen LogP contribution in [0.15, 0.2) is 78.9 Å². The van der Waals surface area contributed by atoms with Crippen molar-refractivity contribution < 1.29 is 28.9 Å². The summed E-state index contributed by atoms with van der Waals surface area (Å²) in [5, 5.41) is 14.1. The molecular weight excluding hydrogens is 773 g/mol. The van der Waals surface area contributed by atoms with E-state index in [9.17, 15) is 14.7 Å². The topological polar surface area (TPSA) is 97.3 Å². The molecule has 0 spiro atoms. The van der Waals surface area contributed by atoms with Crippen molar-refractivity contribution in [2.24, 2.45) is 0 Å². The van der Waals surface area contributed by atoms with Gasteiger partial charge in [-0.3, -0.25) is 9.59 Å². The second-order valence-corrected chi connectivity index (χ2v) is 17.7. The lowest BCUT2D eigenvalue weighted by Crippen LogP contribution is -2.40. The number of carbonyl (C=O) groups excluding carboxylic acids is 2. The predicted molar refractivity (Wildman–Crippen MR) is 254 cm³/mol. The standard InChI is InChI=1S/C54H82N2O6/c1-4-5-6-7-8-9-10-11-12-13-14-15-16-17-18-19-20-21-26-31-51(58)55-41-28-23-27-32-52(59)56-43-47(57)42-50(56)54(44-29-24-22-25-30-44)62-53(45-33-37-48(60-2)38-34-45)46-35-39-49(61-3)40-36-46/h22,24-25,29-30,33-40,47,50,53-54,57H,4-21,23,26-28,31-32,41-43H2,1-3H3,(H,55,58). The van der Waals surface area contributed by atoms with Crippen LogP contribution in [0.4, 0.5) is 0 Å². The van der Waals surface area contributed by atoms with E-state index in [0.29, 0.717) is 25.8 Å². The first-order chi connectivity index (χ1) is 30.4. The van der Waals surface area contributed by atoms with Gasteiger partial charge in [-0.2, -0.15) is 0 Å². The highest BCUT2D eigenvalue weighted by molar-refractivity contribution is 5.77. The zero-order valence-corrected chi connectivity index (χ0v) is 38.8. The SMILES string of the molecule is CCCCCCCCCCCCCCCCCCCCCC(=O)NCCCCCC(=O)N1CC(O)CC1C(OC(c1ccc(OC)cc1)c1ccc(OC)cc1)c1ccccc1. The zero-order chi connectivity index (χ0) is 44.0. The van der Waals surface area contributed by atoms with E-state index in [1.54, 1.807) is 14.2 Å². The van der Waals surface area contributed by atoms with E-state index in [4.69, 9.17) is 14.2 Å². The molecule has 4 rings (SSSR count). The molecule has 3 aromatic carbocycles. The van der Waals surface area contributed by atoms with E-state index in [-0.39, 0.29) is 24.4 Å². The summed E-state index contributed by atoms with van der Waals surface area (Å²) in [6.07, 6.45) is 27.8. The van der Waals surface area contributed by atoms with Gasteiger partial charge in [-0.05, 0) is 66.6 Å². The molecule has 1 heterocycles. The van der Waals surface area contributed by atoms with Crippen LogP contribution in [0.5, 0.6) is 11.5 Å². The molecule has 62 heavy (non-hydrogen) atoms. The molecule has 0 radical (unpaired) electrons. The summed E-state index contributed by atoms with van der Waals surface area (Å²) in [6, 6.07) is 25.4. The number of amides is 2. The predicted octanol–water partition coefficient (Wildman–Crippen LogP) is 13.0. The maximum atomic E-state index is 13.9. The minimum Gasteiger partial charge on any atom is -0.497 e. The second kappa shape index (κ2) is 31.0. The molecule has 8 nitrogen and oxygen atoms in total. The van der Waals surface area contributed by atoms with E-state index in [1.807, 2.05) is 83.8 Å². The van der Waals surface area contributed by atoms with Crippen LogP contribution in [0.1, 0.15) is 196 Å². The van der Waals surface area contributed by atoms with E-state index in [1.165, 1.54) is 109 Å². The van der Waals surface area contributed by atoms with Crippen LogP contribution in [0.25, 0.3) is 0 Å². The van der Waals surface area contributed by atoms with Crippen LogP contribution in [0, 0.1) is 0 Å². The largest absolute Gasteiger partial charge is 0.497 e. The maximum Gasteiger partial charge on any atom is 0.223 e. The third-order valence-electron chi connectivity index (χ3n) is 12.6. The van der Waals surface area contributed by atoms with Crippen molar-refractivity contribution in [2.45, 2.75) is 192 Å². The van der Waals surface area contributed by atoms with Gasteiger partial charge in [-0.25, -0.2) is 0 Å². The van der Waals surface area contributed by atoms with Gasteiger partial charge in [0, 0.05) is 25.9 Å². The maximum absolute atomic E-state index is 13.9. The van der Waals surface area contributed by atoms with Crippen molar-refractivity contribution in [2.75, 3.05) is 27.3 Å². The van der Waals surface area contributed by atoms with Crippen LogP contribution < -0.4 is 14.8 Å². The Morgan fingerprint density at radius 3 is 1.53 bits per heavy atom. The Morgan fingerprint density at radius 1 is 0.597 bits per heavy atom. The van der Waals surface area contributed by atoms with Crippen LogP contribution in [0.2, 0.25) is 0 Å². The summed E-state index contributed by atoms with van der Waals surface area (Å²) in [4.78, 5) is 28.2. The third kappa shape index (κ3) is 19.2. The minimum atomic E-state index is -0.636. The fourth-order valence-electron chi connectivity index (χ4n) is 8.91. The highest BCUT2D eigenvalue weighted by atomic mass is 16.5. The number of ether oxygens (including phenoxy) is 3. The Balaban J connectivity index is 1.11. The molecule has 3 atom stereocenters. The second-order valence-electron chi connectivity index (χ2n) is 17.7. The number of nitrogens with one attached hydrogen (secondary N) is 1. The number of likely N-dealkylation sites (tertiary alicyclic amines) is 1. The number of nitrogens with zero attached hydrogens (tertiary/aromatic N) is 1. The first-order valence-corrected chi connectivity index (χ1v) is 24.7. The quantitative estimate of drug-likeness (QED) is 0.0581. The first-order valence-electron chi connectivity index (χ1n) is 24.7. The Bertz CT molecular complexity index is 1550. The number of hydrogen-bond donors (Lipinski definition) is 2. The number of benzene rings is 3. The molecule has 3 aromatic rings. The molecule has 2 N–H and O–H groups in total. The molecule has 1 fully saturated rings. The van der Waals surface area contributed by atoms with Crippen molar-refractivity contribution in [1.29, 1.82) is 0 Å². The molecule has 2 amide bonds. The van der Waals surface area contributed by atoms with E-state index < -0.39 is 18.3 Å². The highest BCUT2D eigenvalue weighted by Gasteiger charge is 2.41. The monoisotopic (exact) mass is 855 g/mol. The molecular formula is C54H82N2O6. The molecule has 0 saturated carbocycles. The minimum absolute atomic E-state index is 0.0231.